The maximum Gasteiger partial charge on any atom is 0.223 e. The van der Waals surface area contributed by atoms with Crippen molar-refractivity contribution >= 4 is 21.8 Å². The lowest BCUT2D eigenvalue weighted by atomic mass is 9.95. The van der Waals surface area contributed by atoms with Gasteiger partial charge in [0, 0.05) is 19.0 Å². The van der Waals surface area contributed by atoms with E-state index in [0.717, 1.165) is 42.5 Å². The van der Waals surface area contributed by atoms with E-state index >= 15 is 0 Å². The highest BCUT2D eigenvalue weighted by Gasteiger charge is 2.25. The van der Waals surface area contributed by atoms with E-state index < -0.39 is 0 Å². The molecule has 5 nitrogen and oxygen atoms in total. The van der Waals surface area contributed by atoms with Gasteiger partial charge in [0.15, 0.2) is 11.5 Å². The molecule has 1 heterocycles. The normalized spacial score (nSPS) is 15.1. The lowest BCUT2D eigenvalue weighted by Gasteiger charge is -2.31. The van der Waals surface area contributed by atoms with Gasteiger partial charge in [-0.05, 0) is 71.5 Å². The standard InChI is InChI=1S/C23H28BrFN2O3/c1-29-20-8-7-18(21(24)22(20)30-2)15-27-13-10-17(11-14-27)23(28)26-12-9-16-5-3-4-6-19(16)25/h3-8,17H,9-15H2,1-2H3,(H,26,28). The Balaban J connectivity index is 1.47. The zero-order valence-electron chi connectivity index (χ0n) is 17.4. The SMILES string of the molecule is COc1ccc(CN2CCC(C(=O)NCCc3ccccc3F)CC2)c(Br)c1OC. The number of hydrogen-bond acceptors (Lipinski definition) is 4. The fourth-order valence-electron chi connectivity index (χ4n) is 3.81. The highest BCUT2D eigenvalue weighted by Crippen LogP contribution is 2.38. The predicted molar refractivity (Wildman–Crippen MR) is 118 cm³/mol. The average Bonchev–Trinajstić information content (AvgIpc) is 2.76. The van der Waals surface area contributed by atoms with Crippen LogP contribution in [0, 0.1) is 11.7 Å². The minimum Gasteiger partial charge on any atom is -0.493 e. The number of piperidine rings is 1. The zero-order chi connectivity index (χ0) is 21.5. The van der Waals surface area contributed by atoms with Crippen molar-refractivity contribution in [3.63, 3.8) is 0 Å². The predicted octanol–water partition coefficient (Wildman–Crippen LogP) is 4.18. The molecule has 0 aliphatic carbocycles. The highest BCUT2D eigenvalue weighted by atomic mass is 79.9. The first kappa shape index (κ1) is 22.6. The van der Waals surface area contributed by atoms with Gasteiger partial charge in [-0.2, -0.15) is 0 Å². The molecule has 162 valence electrons. The Bertz CT molecular complexity index is 870. The van der Waals surface area contributed by atoms with Crippen molar-refractivity contribution in [2.24, 2.45) is 5.92 Å². The summed E-state index contributed by atoms with van der Waals surface area (Å²) >= 11 is 3.63. The molecule has 0 spiro atoms. The average molecular weight is 479 g/mol. The number of ether oxygens (including phenoxy) is 2. The maximum atomic E-state index is 13.7. The number of nitrogens with one attached hydrogen (secondary N) is 1. The summed E-state index contributed by atoms with van der Waals surface area (Å²) in [5.41, 5.74) is 1.76. The van der Waals surface area contributed by atoms with Crippen molar-refractivity contribution in [2.75, 3.05) is 33.9 Å². The number of hydrogen-bond donors (Lipinski definition) is 1. The molecule has 3 rings (SSSR count). The van der Waals surface area contributed by atoms with Crippen molar-refractivity contribution in [2.45, 2.75) is 25.8 Å². The summed E-state index contributed by atoms with van der Waals surface area (Å²) in [4.78, 5) is 14.8. The first-order valence-electron chi connectivity index (χ1n) is 10.2. The summed E-state index contributed by atoms with van der Waals surface area (Å²) < 4.78 is 25.4. The van der Waals surface area contributed by atoms with E-state index in [0.29, 0.717) is 30.0 Å². The van der Waals surface area contributed by atoms with Crippen LogP contribution in [0.4, 0.5) is 4.39 Å². The van der Waals surface area contributed by atoms with Crippen LogP contribution in [-0.4, -0.2) is 44.7 Å². The van der Waals surface area contributed by atoms with Gasteiger partial charge in [-0.15, -0.1) is 0 Å². The third-order valence-electron chi connectivity index (χ3n) is 5.57. The van der Waals surface area contributed by atoms with Gasteiger partial charge >= 0.3 is 0 Å². The largest absolute Gasteiger partial charge is 0.493 e. The Kier molecular flexibility index (Phi) is 8.10. The van der Waals surface area contributed by atoms with E-state index in [1.807, 2.05) is 18.2 Å². The van der Waals surface area contributed by atoms with Gasteiger partial charge < -0.3 is 14.8 Å². The van der Waals surface area contributed by atoms with E-state index in [9.17, 15) is 9.18 Å². The maximum absolute atomic E-state index is 13.7. The van der Waals surface area contributed by atoms with Crippen LogP contribution in [0.25, 0.3) is 0 Å². The molecule has 30 heavy (non-hydrogen) atoms. The molecule has 0 bridgehead atoms. The Labute approximate surface area is 185 Å². The molecule has 7 heteroatoms. The number of nitrogens with zero attached hydrogens (tertiary/aromatic N) is 1. The monoisotopic (exact) mass is 478 g/mol. The van der Waals surface area contributed by atoms with Crippen LogP contribution in [0.15, 0.2) is 40.9 Å². The van der Waals surface area contributed by atoms with Gasteiger partial charge in [0.1, 0.15) is 5.82 Å². The summed E-state index contributed by atoms with van der Waals surface area (Å²) in [5.74, 6) is 1.24. The van der Waals surface area contributed by atoms with E-state index in [4.69, 9.17) is 9.47 Å². The van der Waals surface area contributed by atoms with Crippen molar-refractivity contribution < 1.29 is 18.7 Å². The van der Waals surface area contributed by atoms with Crippen LogP contribution in [-0.2, 0) is 17.8 Å². The topological polar surface area (TPSA) is 50.8 Å². The Hall–Kier alpha value is -2.12. The van der Waals surface area contributed by atoms with Gasteiger partial charge in [0.25, 0.3) is 0 Å². The number of amides is 1. The summed E-state index contributed by atoms with van der Waals surface area (Å²) in [6, 6.07) is 10.6. The number of halogens is 2. The van der Waals surface area contributed by atoms with Crippen molar-refractivity contribution in [3.05, 3.63) is 57.8 Å². The molecule has 1 aliphatic rings. The summed E-state index contributed by atoms with van der Waals surface area (Å²) in [6.45, 7) is 2.94. The lowest BCUT2D eigenvalue weighted by Crippen LogP contribution is -2.40. The minimum atomic E-state index is -0.221. The highest BCUT2D eigenvalue weighted by molar-refractivity contribution is 9.10. The van der Waals surface area contributed by atoms with E-state index in [-0.39, 0.29) is 17.6 Å². The molecule has 1 amide bonds. The van der Waals surface area contributed by atoms with Gasteiger partial charge in [-0.1, -0.05) is 24.3 Å². The molecule has 1 N–H and O–H groups in total. The molecule has 0 atom stereocenters. The van der Waals surface area contributed by atoms with Crippen LogP contribution in [0.2, 0.25) is 0 Å². The smallest absolute Gasteiger partial charge is 0.223 e. The summed E-state index contributed by atoms with van der Waals surface area (Å²) in [5, 5.41) is 2.97. The van der Waals surface area contributed by atoms with Gasteiger partial charge in [0.2, 0.25) is 5.91 Å². The molecule has 1 saturated heterocycles. The van der Waals surface area contributed by atoms with E-state index in [1.165, 1.54) is 6.07 Å². The number of carbonyl (C=O) groups excluding carboxylic acids is 1. The number of methoxy groups -OCH3 is 2. The Morgan fingerprint density at radius 1 is 1.13 bits per heavy atom. The van der Waals surface area contributed by atoms with Gasteiger partial charge in [0.05, 0.1) is 18.7 Å². The van der Waals surface area contributed by atoms with Crippen LogP contribution in [0.5, 0.6) is 11.5 Å². The third kappa shape index (κ3) is 5.52. The molecular formula is C23H28BrFN2O3. The number of benzene rings is 2. The second-order valence-corrected chi connectivity index (χ2v) is 8.25. The molecule has 2 aromatic carbocycles. The quantitative estimate of drug-likeness (QED) is 0.618. The Morgan fingerprint density at radius 3 is 2.53 bits per heavy atom. The summed E-state index contributed by atoms with van der Waals surface area (Å²) in [6.07, 6.45) is 2.14. The zero-order valence-corrected chi connectivity index (χ0v) is 19.0. The summed E-state index contributed by atoms with van der Waals surface area (Å²) in [7, 11) is 3.25. The van der Waals surface area contributed by atoms with Crippen molar-refractivity contribution in [1.29, 1.82) is 0 Å². The Morgan fingerprint density at radius 2 is 1.87 bits per heavy atom. The molecule has 0 unspecified atom stereocenters. The lowest BCUT2D eigenvalue weighted by molar-refractivity contribution is -0.126. The van der Waals surface area contributed by atoms with Crippen LogP contribution in [0.3, 0.4) is 0 Å². The van der Waals surface area contributed by atoms with E-state index in [1.54, 1.807) is 26.4 Å². The van der Waals surface area contributed by atoms with Crippen molar-refractivity contribution in [1.82, 2.24) is 10.2 Å². The number of rotatable bonds is 8. The van der Waals surface area contributed by atoms with Crippen LogP contribution in [0.1, 0.15) is 24.0 Å². The second kappa shape index (κ2) is 10.8. The van der Waals surface area contributed by atoms with Crippen LogP contribution >= 0.6 is 15.9 Å². The molecule has 1 fully saturated rings. The molecule has 0 aromatic heterocycles. The fourth-order valence-corrected chi connectivity index (χ4v) is 4.43. The third-order valence-corrected chi connectivity index (χ3v) is 6.44. The molecule has 0 radical (unpaired) electrons. The van der Waals surface area contributed by atoms with Gasteiger partial charge in [-0.25, -0.2) is 4.39 Å². The second-order valence-electron chi connectivity index (χ2n) is 7.46. The van der Waals surface area contributed by atoms with Gasteiger partial charge in [-0.3, -0.25) is 9.69 Å². The molecular weight excluding hydrogens is 451 g/mol. The van der Waals surface area contributed by atoms with E-state index in [2.05, 4.69) is 26.1 Å². The van der Waals surface area contributed by atoms with Crippen molar-refractivity contribution in [3.8, 4) is 11.5 Å². The number of likely N-dealkylation sites (tertiary alicyclic amines) is 1. The fraction of sp³-hybridized carbons (Fsp3) is 0.435. The first-order chi connectivity index (χ1) is 14.5. The molecule has 0 saturated carbocycles. The molecule has 2 aromatic rings. The minimum absolute atomic E-state index is 0.00992. The first-order valence-corrected chi connectivity index (χ1v) is 11.0. The van der Waals surface area contributed by atoms with Crippen LogP contribution < -0.4 is 14.8 Å². The molecule has 1 aliphatic heterocycles. The number of carbonyl (C=O) groups is 1.